The van der Waals surface area contributed by atoms with E-state index in [9.17, 15) is 5.11 Å². The molecule has 1 N–H and O–H groups in total. The molecule has 0 aromatic rings. The van der Waals surface area contributed by atoms with Crippen LogP contribution in [0.15, 0.2) is 0 Å². The monoisotopic (exact) mass is 296 g/mol. The highest BCUT2D eigenvalue weighted by Gasteiger charge is 2.45. The summed E-state index contributed by atoms with van der Waals surface area (Å²) in [5.74, 6) is 4.48. The Bertz CT molecular complexity index is 315. The molecular formula is C19H36O2. The first-order valence-corrected chi connectivity index (χ1v) is 9.25. The van der Waals surface area contributed by atoms with Gasteiger partial charge in [-0.15, -0.1) is 0 Å². The maximum Gasteiger partial charge on any atom is 0.0628 e. The molecule has 1 aliphatic heterocycles. The maximum absolute atomic E-state index is 9.63. The van der Waals surface area contributed by atoms with Gasteiger partial charge in [-0.25, -0.2) is 0 Å². The molecule has 124 valence electrons. The lowest BCUT2D eigenvalue weighted by molar-refractivity contribution is -0.144. The van der Waals surface area contributed by atoms with Gasteiger partial charge in [0, 0.05) is 0 Å². The third-order valence-electron chi connectivity index (χ3n) is 6.58. The second-order valence-electron chi connectivity index (χ2n) is 8.02. The number of fused-ring (bicyclic) bond motifs is 1. The fourth-order valence-electron chi connectivity index (χ4n) is 4.99. The molecule has 0 radical (unpaired) electrons. The van der Waals surface area contributed by atoms with E-state index in [0.717, 1.165) is 36.7 Å². The van der Waals surface area contributed by atoms with Gasteiger partial charge < -0.3 is 9.84 Å². The Kier molecular flexibility index (Phi) is 6.14. The van der Waals surface area contributed by atoms with Gasteiger partial charge in [-0.2, -0.15) is 0 Å². The molecule has 2 fully saturated rings. The Labute approximate surface area is 131 Å². The van der Waals surface area contributed by atoms with Crippen LogP contribution in [0.25, 0.3) is 0 Å². The first-order valence-electron chi connectivity index (χ1n) is 9.25. The fraction of sp³-hybridized carbons (Fsp3) is 1.00. The van der Waals surface area contributed by atoms with Crippen molar-refractivity contribution in [2.45, 2.75) is 78.9 Å². The molecule has 0 aromatic carbocycles. The van der Waals surface area contributed by atoms with Gasteiger partial charge in [-0.05, 0) is 61.7 Å². The van der Waals surface area contributed by atoms with Crippen molar-refractivity contribution in [1.82, 2.24) is 0 Å². The number of aliphatic hydroxyl groups excluding tert-OH is 1. The van der Waals surface area contributed by atoms with Crippen molar-refractivity contribution in [3.8, 4) is 0 Å². The van der Waals surface area contributed by atoms with Crippen LogP contribution in [-0.2, 0) is 4.74 Å². The summed E-state index contributed by atoms with van der Waals surface area (Å²) in [5.41, 5.74) is 0. The second-order valence-corrected chi connectivity index (χ2v) is 8.02. The lowest BCUT2D eigenvalue weighted by Gasteiger charge is -2.51. The van der Waals surface area contributed by atoms with Gasteiger partial charge in [0.2, 0.25) is 0 Å². The van der Waals surface area contributed by atoms with Crippen LogP contribution < -0.4 is 0 Å². The van der Waals surface area contributed by atoms with E-state index in [4.69, 9.17) is 4.74 Å². The summed E-state index contributed by atoms with van der Waals surface area (Å²) in [6, 6.07) is 0. The van der Waals surface area contributed by atoms with Crippen LogP contribution in [-0.4, -0.2) is 23.9 Å². The van der Waals surface area contributed by atoms with E-state index in [-0.39, 0.29) is 6.10 Å². The number of hydrogen-bond donors (Lipinski definition) is 1. The Morgan fingerprint density at radius 1 is 1.14 bits per heavy atom. The fourth-order valence-corrected chi connectivity index (χ4v) is 4.99. The average Bonchev–Trinajstić information content (AvgIpc) is 2.45. The van der Waals surface area contributed by atoms with Crippen molar-refractivity contribution in [2.75, 3.05) is 6.61 Å². The van der Waals surface area contributed by atoms with E-state index in [0.29, 0.717) is 17.9 Å². The molecule has 21 heavy (non-hydrogen) atoms. The smallest absolute Gasteiger partial charge is 0.0628 e. The molecule has 7 unspecified atom stereocenters. The van der Waals surface area contributed by atoms with Gasteiger partial charge in [0.05, 0.1) is 18.8 Å². The normalized spacial score (nSPS) is 43.1. The Morgan fingerprint density at radius 3 is 2.48 bits per heavy atom. The standard InChI is InChI=1S/C19H36O2/c1-6-12(2)19-15(5)17-9-7-13(3)16(10-8-14(4)20)18(17)11-21-19/h12-20H,6-11H2,1-5H3/t12?,13-,14?,15?,16?,17?,18?,19?/m1/s1. The van der Waals surface area contributed by atoms with E-state index in [1.807, 2.05) is 6.92 Å². The number of rotatable bonds is 5. The van der Waals surface area contributed by atoms with Crippen molar-refractivity contribution >= 4 is 0 Å². The zero-order valence-electron chi connectivity index (χ0n) is 14.7. The van der Waals surface area contributed by atoms with Crippen LogP contribution in [0.4, 0.5) is 0 Å². The predicted octanol–water partition coefficient (Wildman–Crippen LogP) is 4.51. The molecule has 2 rings (SSSR count). The number of hydrogen-bond acceptors (Lipinski definition) is 2. The molecular weight excluding hydrogens is 260 g/mol. The van der Waals surface area contributed by atoms with Crippen molar-refractivity contribution in [3.05, 3.63) is 0 Å². The first-order chi connectivity index (χ1) is 9.95. The highest BCUT2D eigenvalue weighted by atomic mass is 16.5. The third-order valence-corrected chi connectivity index (χ3v) is 6.58. The molecule has 8 atom stereocenters. The molecule has 2 nitrogen and oxygen atoms in total. The lowest BCUT2D eigenvalue weighted by Crippen LogP contribution is -2.49. The SMILES string of the molecule is CCC(C)C1OCC2C(CC[C@@H](C)C2CCC(C)O)C1C. The van der Waals surface area contributed by atoms with Crippen LogP contribution >= 0.6 is 0 Å². The van der Waals surface area contributed by atoms with E-state index in [1.165, 1.54) is 25.7 Å². The molecule has 2 heteroatoms. The summed E-state index contributed by atoms with van der Waals surface area (Å²) in [5, 5.41) is 9.63. The summed E-state index contributed by atoms with van der Waals surface area (Å²) in [6.07, 6.45) is 6.38. The minimum atomic E-state index is -0.160. The van der Waals surface area contributed by atoms with Gasteiger partial charge in [0.15, 0.2) is 0 Å². The van der Waals surface area contributed by atoms with Gasteiger partial charge in [-0.1, -0.05) is 40.5 Å². The Hall–Kier alpha value is -0.0800. The highest BCUT2D eigenvalue weighted by Crippen LogP contribution is 2.49. The molecule has 0 bridgehead atoms. The van der Waals surface area contributed by atoms with Crippen molar-refractivity contribution in [1.29, 1.82) is 0 Å². The van der Waals surface area contributed by atoms with Gasteiger partial charge in [-0.3, -0.25) is 0 Å². The van der Waals surface area contributed by atoms with Crippen LogP contribution in [0.2, 0.25) is 0 Å². The molecule has 0 aromatic heterocycles. The van der Waals surface area contributed by atoms with Gasteiger partial charge in [0.1, 0.15) is 0 Å². The summed E-state index contributed by atoms with van der Waals surface area (Å²) in [7, 11) is 0. The quantitative estimate of drug-likeness (QED) is 0.809. The molecule has 1 saturated heterocycles. The topological polar surface area (TPSA) is 29.5 Å². The summed E-state index contributed by atoms with van der Waals surface area (Å²) in [4.78, 5) is 0. The molecule has 0 amide bonds. The molecule has 1 saturated carbocycles. The van der Waals surface area contributed by atoms with Crippen LogP contribution in [0.1, 0.15) is 66.7 Å². The lowest BCUT2D eigenvalue weighted by atomic mass is 9.60. The summed E-state index contributed by atoms with van der Waals surface area (Å²) < 4.78 is 6.34. The van der Waals surface area contributed by atoms with E-state index in [1.54, 1.807) is 0 Å². The molecule has 1 aliphatic carbocycles. The van der Waals surface area contributed by atoms with E-state index in [2.05, 4.69) is 27.7 Å². The first kappa shape index (κ1) is 17.3. The maximum atomic E-state index is 9.63. The summed E-state index contributed by atoms with van der Waals surface area (Å²) >= 11 is 0. The largest absolute Gasteiger partial charge is 0.393 e. The van der Waals surface area contributed by atoms with Crippen LogP contribution in [0.3, 0.4) is 0 Å². The second kappa shape index (κ2) is 7.46. The third kappa shape index (κ3) is 3.82. The average molecular weight is 296 g/mol. The summed E-state index contributed by atoms with van der Waals surface area (Å²) in [6.45, 7) is 12.3. The van der Waals surface area contributed by atoms with Crippen molar-refractivity contribution in [2.24, 2.45) is 35.5 Å². The zero-order chi connectivity index (χ0) is 15.6. The molecule has 2 aliphatic rings. The zero-order valence-corrected chi connectivity index (χ0v) is 14.7. The minimum Gasteiger partial charge on any atom is -0.393 e. The Balaban J connectivity index is 2.04. The van der Waals surface area contributed by atoms with Crippen molar-refractivity contribution < 1.29 is 9.84 Å². The van der Waals surface area contributed by atoms with Crippen LogP contribution in [0.5, 0.6) is 0 Å². The number of aliphatic hydroxyl groups is 1. The number of ether oxygens (including phenoxy) is 1. The predicted molar refractivity (Wildman–Crippen MR) is 88.1 cm³/mol. The van der Waals surface area contributed by atoms with E-state index >= 15 is 0 Å². The van der Waals surface area contributed by atoms with Crippen molar-refractivity contribution in [3.63, 3.8) is 0 Å². The van der Waals surface area contributed by atoms with Crippen LogP contribution in [0, 0.1) is 35.5 Å². The Morgan fingerprint density at radius 2 is 1.86 bits per heavy atom. The van der Waals surface area contributed by atoms with Gasteiger partial charge in [0.25, 0.3) is 0 Å². The van der Waals surface area contributed by atoms with Gasteiger partial charge >= 0.3 is 0 Å². The highest BCUT2D eigenvalue weighted by molar-refractivity contribution is 4.94. The molecule has 0 spiro atoms. The minimum absolute atomic E-state index is 0.160. The van der Waals surface area contributed by atoms with E-state index < -0.39 is 0 Å². The molecule has 1 heterocycles.